The van der Waals surface area contributed by atoms with Crippen LogP contribution in [-0.4, -0.2) is 30.3 Å². The first-order valence-corrected chi connectivity index (χ1v) is 8.44. The molecule has 0 atom stereocenters. The Morgan fingerprint density at radius 2 is 1.96 bits per heavy atom. The third-order valence-corrected chi connectivity index (χ3v) is 4.40. The van der Waals surface area contributed by atoms with Crippen molar-refractivity contribution >= 4 is 38.3 Å². The van der Waals surface area contributed by atoms with Gasteiger partial charge in [0.2, 0.25) is 0 Å². The molecule has 0 radical (unpaired) electrons. The van der Waals surface area contributed by atoms with Crippen LogP contribution in [0.4, 0.5) is 5.13 Å². The van der Waals surface area contributed by atoms with Gasteiger partial charge in [-0.1, -0.05) is 28.6 Å². The Morgan fingerprint density at radius 3 is 2.68 bits per heavy atom. The van der Waals surface area contributed by atoms with Gasteiger partial charge in [-0.2, -0.15) is 0 Å². The lowest BCUT2D eigenvalue weighted by molar-refractivity contribution is -0.120. The Labute approximate surface area is 149 Å². The Hall–Kier alpha value is -2.93. The number of carbonyl (C=O) groups is 1. The first-order chi connectivity index (χ1) is 12.2. The highest BCUT2D eigenvalue weighted by atomic mass is 32.1. The van der Waals surface area contributed by atoms with Crippen molar-refractivity contribution in [1.29, 1.82) is 0 Å². The summed E-state index contributed by atoms with van der Waals surface area (Å²) < 4.78 is 6.13. The van der Waals surface area contributed by atoms with Gasteiger partial charge in [0.1, 0.15) is 5.75 Å². The second-order valence-electron chi connectivity index (χ2n) is 5.21. The second kappa shape index (κ2) is 7.76. The predicted molar refractivity (Wildman–Crippen MR) is 99.4 cm³/mol. The van der Waals surface area contributed by atoms with Crippen molar-refractivity contribution in [2.75, 3.05) is 19.0 Å². The highest BCUT2D eigenvalue weighted by Gasteiger charge is 2.08. The lowest BCUT2D eigenvalue weighted by atomic mass is 10.1. The van der Waals surface area contributed by atoms with E-state index < -0.39 is 0 Å². The number of ether oxygens (including phenoxy) is 1. The number of hydrogen-bond donors (Lipinski definition) is 1. The topological polar surface area (TPSA) is 72.8 Å². The van der Waals surface area contributed by atoms with E-state index in [9.17, 15) is 4.79 Å². The van der Waals surface area contributed by atoms with Gasteiger partial charge >= 0.3 is 0 Å². The molecule has 7 heteroatoms. The van der Waals surface area contributed by atoms with E-state index in [2.05, 4.69) is 15.5 Å². The lowest BCUT2D eigenvalue weighted by Gasteiger charge is -2.04. The summed E-state index contributed by atoms with van der Waals surface area (Å²) in [5.41, 5.74) is 2.43. The molecular weight excluding hydrogens is 338 g/mol. The summed E-state index contributed by atoms with van der Waals surface area (Å²) in [7, 11) is 1.61. The standard InChI is InChI=1S/C18H17N3O3S/c1-12(13-7-9-14(23-2)10-8-13)21-24-11-17(22)20-18-19-15-5-3-4-6-16(15)25-18/h3-10H,11H2,1-2H3,(H,19,20,22). The zero-order chi connectivity index (χ0) is 17.6. The van der Waals surface area contributed by atoms with E-state index in [0.29, 0.717) is 10.8 Å². The molecule has 0 saturated carbocycles. The molecule has 25 heavy (non-hydrogen) atoms. The molecule has 0 bridgehead atoms. The Bertz CT molecular complexity index is 870. The molecule has 1 heterocycles. The van der Waals surface area contributed by atoms with Crippen molar-refractivity contribution in [3.63, 3.8) is 0 Å². The second-order valence-corrected chi connectivity index (χ2v) is 6.24. The number of methoxy groups -OCH3 is 1. The molecule has 0 aliphatic heterocycles. The lowest BCUT2D eigenvalue weighted by Crippen LogP contribution is -2.17. The summed E-state index contributed by atoms with van der Waals surface area (Å²) in [5, 5.41) is 7.24. The van der Waals surface area contributed by atoms with Crippen LogP contribution < -0.4 is 10.1 Å². The molecule has 2 aromatic carbocycles. The summed E-state index contributed by atoms with van der Waals surface area (Å²) >= 11 is 1.42. The Balaban J connectivity index is 1.54. The zero-order valence-electron chi connectivity index (χ0n) is 13.9. The van der Waals surface area contributed by atoms with Crippen LogP contribution in [0, 0.1) is 0 Å². The van der Waals surface area contributed by atoms with Crippen molar-refractivity contribution in [3.8, 4) is 5.75 Å². The third kappa shape index (κ3) is 4.33. The van der Waals surface area contributed by atoms with Crippen molar-refractivity contribution in [1.82, 2.24) is 4.98 Å². The third-order valence-electron chi connectivity index (χ3n) is 3.45. The van der Waals surface area contributed by atoms with Gasteiger partial charge in [-0.05, 0) is 48.9 Å². The van der Waals surface area contributed by atoms with Crippen molar-refractivity contribution in [2.45, 2.75) is 6.92 Å². The number of anilines is 1. The quantitative estimate of drug-likeness (QED) is 0.541. The van der Waals surface area contributed by atoms with Crippen molar-refractivity contribution < 1.29 is 14.4 Å². The van der Waals surface area contributed by atoms with Gasteiger partial charge in [0.15, 0.2) is 11.7 Å². The van der Waals surface area contributed by atoms with E-state index in [4.69, 9.17) is 9.57 Å². The Kier molecular flexibility index (Phi) is 5.25. The summed E-state index contributed by atoms with van der Waals surface area (Å²) in [4.78, 5) is 21.4. The van der Waals surface area contributed by atoms with Gasteiger partial charge in [0.05, 0.1) is 23.0 Å². The van der Waals surface area contributed by atoms with Gasteiger partial charge in [-0.25, -0.2) is 4.98 Å². The number of rotatable bonds is 6. The van der Waals surface area contributed by atoms with Crippen LogP contribution in [0.1, 0.15) is 12.5 Å². The van der Waals surface area contributed by atoms with Gasteiger partial charge < -0.3 is 9.57 Å². The molecule has 0 spiro atoms. The molecule has 1 aromatic heterocycles. The summed E-state index contributed by atoms with van der Waals surface area (Å²) in [5.74, 6) is 0.470. The van der Waals surface area contributed by atoms with Gasteiger partial charge in [-0.3, -0.25) is 10.1 Å². The van der Waals surface area contributed by atoms with Crippen LogP contribution in [0.5, 0.6) is 5.75 Å². The monoisotopic (exact) mass is 355 g/mol. The molecular formula is C18H17N3O3S. The molecule has 3 aromatic rings. The molecule has 6 nitrogen and oxygen atoms in total. The van der Waals surface area contributed by atoms with Gasteiger partial charge in [-0.15, -0.1) is 0 Å². The van der Waals surface area contributed by atoms with Gasteiger partial charge in [0, 0.05) is 0 Å². The number of nitrogens with one attached hydrogen (secondary N) is 1. The molecule has 0 fully saturated rings. The van der Waals surface area contributed by atoms with E-state index in [1.165, 1.54) is 11.3 Å². The average Bonchev–Trinajstić information content (AvgIpc) is 3.03. The fourth-order valence-corrected chi connectivity index (χ4v) is 3.04. The number of thiazole rings is 1. The largest absolute Gasteiger partial charge is 0.497 e. The first kappa shape index (κ1) is 16.9. The summed E-state index contributed by atoms with van der Waals surface area (Å²) in [6.45, 7) is 1.64. The van der Waals surface area contributed by atoms with Crippen molar-refractivity contribution in [3.05, 3.63) is 54.1 Å². The van der Waals surface area contributed by atoms with E-state index in [0.717, 1.165) is 21.5 Å². The highest BCUT2D eigenvalue weighted by Crippen LogP contribution is 2.25. The van der Waals surface area contributed by atoms with E-state index in [1.807, 2.05) is 55.5 Å². The number of oxime groups is 1. The maximum atomic E-state index is 11.9. The number of fused-ring (bicyclic) bond motifs is 1. The maximum Gasteiger partial charge on any atom is 0.266 e. The van der Waals surface area contributed by atoms with Crippen LogP contribution in [-0.2, 0) is 9.63 Å². The fourth-order valence-electron chi connectivity index (χ4n) is 2.15. The Morgan fingerprint density at radius 1 is 1.20 bits per heavy atom. The molecule has 3 rings (SSSR count). The molecule has 128 valence electrons. The van der Waals surface area contributed by atoms with E-state index >= 15 is 0 Å². The smallest absolute Gasteiger partial charge is 0.266 e. The minimum absolute atomic E-state index is 0.177. The van der Waals surface area contributed by atoms with E-state index in [-0.39, 0.29) is 12.5 Å². The van der Waals surface area contributed by atoms with Gasteiger partial charge in [0.25, 0.3) is 5.91 Å². The number of amides is 1. The van der Waals surface area contributed by atoms with Crippen LogP contribution in [0.15, 0.2) is 53.7 Å². The van der Waals surface area contributed by atoms with Crippen LogP contribution in [0.2, 0.25) is 0 Å². The summed E-state index contributed by atoms with van der Waals surface area (Å²) in [6, 6.07) is 15.1. The maximum absolute atomic E-state index is 11.9. The van der Waals surface area contributed by atoms with Crippen LogP contribution in [0.3, 0.4) is 0 Å². The minimum atomic E-state index is -0.301. The number of benzene rings is 2. The first-order valence-electron chi connectivity index (χ1n) is 7.62. The number of hydrogen-bond acceptors (Lipinski definition) is 6. The number of carbonyl (C=O) groups excluding carboxylic acids is 1. The van der Waals surface area contributed by atoms with E-state index in [1.54, 1.807) is 7.11 Å². The van der Waals surface area contributed by atoms with Crippen LogP contribution in [0.25, 0.3) is 10.2 Å². The van der Waals surface area contributed by atoms with Crippen molar-refractivity contribution in [2.24, 2.45) is 5.16 Å². The highest BCUT2D eigenvalue weighted by molar-refractivity contribution is 7.22. The molecule has 0 unspecified atom stereocenters. The SMILES string of the molecule is COc1ccc(C(C)=NOCC(=O)Nc2nc3ccccc3s2)cc1. The summed E-state index contributed by atoms with van der Waals surface area (Å²) in [6.07, 6.45) is 0. The average molecular weight is 355 g/mol. The fraction of sp³-hybridized carbons (Fsp3) is 0.167. The van der Waals surface area contributed by atoms with Crippen LogP contribution >= 0.6 is 11.3 Å². The molecule has 0 saturated heterocycles. The molecule has 1 amide bonds. The number of aromatic nitrogens is 1. The number of nitrogens with zero attached hydrogens (tertiary/aromatic N) is 2. The number of para-hydroxylation sites is 1. The zero-order valence-corrected chi connectivity index (χ0v) is 14.7. The molecule has 0 aliphatic carbocycles. The molecule has 0 aliphatic rings. The normalized spacial score (nSPS) is 11.4. The minimum Gasteiger partial charge on any atom is -0.497 e. The predicted octanol–water partition coefficient (Wildman–Crippen LogP) is 3.68. The molecule has 1 N–H and O–H groups in total.